The van der Waals surface area contributed by atoms with E-state index in [9.17, 15) is 31.5 Å². The highest BCUT2D eigenvalue weighted by atomic mass is 19.2. The van der Waals surface area contributed by atoms with Crippen LogP contribution < -0.4 is 10.2 Å². The molecular formula is C26H20F5N3O4. The first-order chi connectivity index (χ1) is 18.1. The number of carbonyl (C=O) groups excluding carboxylic acids is 2. The van der Waals surface area contributed by atoms with E-state index in [-0.39, 0.29) is 42.4 Å². The van der Waals surface area contributed by atoms with Gasteiger partial charge in [-0.15, -0.1) is 0 Å². The lowest BCUT2D eigenvalue weighted by Gasteiger charge is -2.15. The van der Waals surface area contributed by atoms with E-state index in [1.807, 2.05) is 0 Å². The van der Waals surface area contributed by atoms with Gasteiger partial charge in [0.05, 0.1) is 30.6 Å². The maximum absolute atomic E-state index is 14.9. The Labute approximate surface area is 213 Å². The first kappa shape index (κ1) is 26.6. The average molecular weight is 533 g/mol. The predicted octanol–water partition coefficient (Wildman–Crippen LogP) is 5.06. The molecule has 2 amide bonds. The van der Waals surface area contributed by atoms with Crippen molar-refractivity contribution in [2.75, 3.05) is 18.0 Å². The smallest absolute Gasteiger partial charge is 0.414 e. The van der Waals surface area contributed by atoms with Gasteiger partial charge in [-0.1, -0.05) is 17.3 Å². The molecule has 0 radical (unpaired) electrons. The molecule has 1 heterocycles. The molecule has 38 heavy (non-hydrogen) atoms. The van der Waals surface area contributed by atoms with E-state index in [1.54, 1.807) is 0 Å². The zero-order chi connectivity index (χ0) is 27.4. The number of halogens is 5. The van der Waals surface area contributed by atoms with Crippen molar-refractivity contribution in [3.8, 4) is 11.1 Å². The lowest BCUT2D eigenvalue weighted by atomic mass is 10.0. The first-order valence-corrected chi connectivity index (χ1v) is 11.2. The Morgan fingerprint density at radius 2 is 1.76 bits per heavy atom. The van der Waals surface area contributed by atoms with Crippen molar-refractivity contribution in [2.24, 2.45) is 5.16 Å². The Balaban J connectivity index is 1.45. The van der Waals surface area contributed by atoms with E-state index < -0.39 is 46.8 Å². The SMILES string of the molecule is CC(=O)NC[C@H]1CN(c2cc(F)c(-c3ccc(C=NOCc4ccc(F)c(F)c4)c(F)c3)c(F)c2)C(=O)O1. The standard InChI is InChI=1S/C26H20F5N3O4/c1-14(35)32-11-19-12-34(26(36)38-19)18-8-23(30)25(24(31)9-18)16-3-4-17(21(28)7-16)10-33-37-13-15-2-5-20(27)22(29)6-15/h2-10,19H,11-13H2,1H3,(H,32,35)/t19-/m0/s1. The molecule has 1 aliphatic heterocycles. The van der Waals surface area contributed by atoms with Gasteiger partial charge in [0.15, 0.2) is 11.6 Å². The molecule has 0 unspecified atom stereocenters. The molecule has 1 aliphatic rings. The van der Waals surface area contributed by atoms with Crippen LogP contribution in [0.4, 0.5) is 32.4 Å². The van der Waals surface area contributed by atoms with Gasteiger partial charge >= 0.3 is 6.09 Å². The molecule has 1 saturated heterocycles. The Hall–Kier alpha value is -4.48. The summed E-state index contributed by atoms with van der Waals surface area (Å²) < 4.78 is 75.8. The number of oxime groups is 1. The van der Waals surface area contributed by atoms with Gasteiger partial charge in [0, 0.05) is 12.5 Å². The fraction of sp³-hybridized carbons (Fsp3) is 0.192. The lowest BCUT2D eigenvalue weighted by Crippen LogP contribution is -2.33. The molecule has 3 aromatic carbocycles. The third-order valence-corrected chi connectivity index (χ3v) is 5.56. The van der Waals surface area contributed by atoms with Crippen LogP contribution in [0.2, 0.25) is 0 Å². The monoisotopic (exact) mass is 533 g/mol. The molecular weight excluding hydrogens is 513 g/mol. The van der Waals surface area contributed by atoms with Crippen LogP contribution in [-0.2, 0) is 21.0 Å². The zero-order valence-corrected chi connectivity index (χ0v) is 19.8. The second-order valence-electron chi connectivity index (χ2n) is 8.33. The summed E-state index contributed by atoms with van der Waals surface area (Å²) in [6.07, 6.45) is -0.500. The summed E-state index contributed by atoms with van der Waals surface area (Å²) >= 11 is 0. The highest BCUT2D eigenvalue weighted by molar-refractivity contribution is 5.90. The van der Waals surface area contributed by atoms with Crippen LogP contribution in [0.1, 0.15) is 18.1 Å². The molecule has 1 atom stereocenters. The lowest BCUT2D eigenvalue weighted by molar-refractivity contribution is -0.119. The van der Waals surface area contributed by atoms with E-state index in [0.717, 1.165) is 41.4 Å². The van der Waals surface area contributed by atoms with Gasteiger partial charge in [-0.3, -0.25) is 9.69 Å². The van der Waals surface area contributed by atoms with E-state index in [1.165, 1.54) is 25.1 Å². The number of cyclic esters (lactones) is 1. The quantitative estimate of drug-likeness (QED) is 0.249. The molecule has 0 aliphatic carbocycles. The third-order valence-electron chi connectivity index (χ3n) is 5.56. The van der Waals surface area contributed by atoms with Crippen LogP contribution >= 0.6 is 0 Å². The summed E-state index contributed by atoms with van der Waals surface area (Å²) in [5.74, 6) is -5.29. The van der Waals surface area contributed by atoms with E-state index in [4.69, 9.17) is 9.57 Å². The second kappa shape index (κ2) is 11.3. The minimum absolute atomic E-state index is 0.0296. The number of hydrogen-bond donors (Lipinski definition) is 1. The molecule has 7 nitrogen and oxygen atoms in total. The van der Waals surface area contributed by atoms with Gasteiger partial charge in [0.2, 0.25) is 5.91 Å². The van der Waals surface area contributed by atoms with Gasteiger partial charge in [-0.2, -0.15) is 0 Å². The van der Waals surface area contributed by atoms with Crippen LogP contribution in [-0.4, -0.2) is 37.4 Å². The summed E-state index contributed by atoms with van der Waals surface area (Å²) in [6.45, 7) is 1.12. The van der Waals surface area contributed by atoms with Crippen LogP contribution in [0.25, 0.3) is 11.1 Å². The van der Waals surface area contributed by atoms with Crippen molar-refractivity contribution in [3.63, 3.8) is 0 Å². The maximum atomic E-state index is 14.9. The number of nitrogens with one attached hydrogen (secondary N) is 1. The van der Waals surface area contributed by atoms with Crippen molar-refractivity contribution >= 4 is 23.9 Å². The van der Waals surface area contributed by atoms with Crippen molar-refractivity contribution in [2.45, 2.75) is 19.6 Å². The fourth-order valence-electron chi connectivity index (χ4n) is 3.71. The maximum Gasteiger partial charge on any atom is 0.414 e. The molecule has 198 valence electrons. The van der Waals surface area contributed by atoms with Gasteiger partial charge in [0.1, 0.15) is 30.2 Å². The summed E-state index contributed by atoms with van der Waals surface area (Å²) in [7, 11) is 0. The number of nitrogens with zero attached hydrogens (tertiary/aromatic N) is 2. The Bertz CT molecular complexity index is 1390. The largest absolute Gasteiger partial charge is 0.442 e. The van der Waals surface area contributed by atoms with Gasteiger partial charge in [-0.25, -0.2) is 26.7 Å². The molecule has 0 bridgehead atoms. The van der Waals surface area contributed by atoms with Crippen LogP contribution in [0.15, 0.2) is 53.7 Å². The van der Waals surface area contributed by atoms with E-state index in [2.05, 4.69) is 10.5 Å². The average Bonchev–Trinajstić information content (AvgIpc) is 3.23. The Morgan fingerprint density at radius 1 is 1.03 bits per heavy atom. The molecule has 0 aromatic heterocycles. The summed E-state index contributed by atoms with van der Waals surface area (Å²) in [6, 6.07) is 8.44. The highest BCUT2D eigenvalue weighted by Crippen LogP contribution is 2.32. The van der Waals surface area contributed by atoms with Crippen molar-refractivity contribution < 1.29 is 41.1 Å². The summed E-state index contributed by atoms with van der Waals surface area (Å²) in [4.78, 5) is 29.2. The molecule has 1 N–H and O–H groups in total. The highest BCUT2D eigenvalue weighted by Gasteiger charge is 2.33. The number of ether oxygens (including phenoxy) is 1. The molecule has 3 aromatic rings. The molecule has 0 saturated carbocycles. The normalized spacial score (nSPS) is 15.2. The fourth-order valence-corrected chi connectivity index (χ4v) is 3.71. The number of hydrogen-bond acceptors (Lipinski definition) is 5. The minimum Gasteiger partial charge on any atom is -0.442 e. The minimum atomic E-state index is -1.05. The number of carbonyl (C=O) groups is 2. The summed E-state index contributed by atoms with van der Waals surface area (Å²) in [5, 5.41) is 6.08. The van der Waals surface area contributed by atoms with Crippen molar-refractivity contribution in [1.82, 2.24) is 5.32 Å². The predicted molar refractivity (Wildman–Crippen MR) is 127 cm³/mol. The first-order valence-electron chi connectivity index (χ1n) is 11.2. The van der Waals surface area contributed by atoms with Gasteiger partial charge in [0.25, 0.3) is 0 Å². The summed E-state index contributed by atoms with van der Waals surface area (Å²) in [5.41, 5.74) is -0.454. The molecule has 1 fully saturated rings. The van der Waals surface area contributed by atoms with E-state index >= 15 is 0 Å². The third kappa shape index (κ3) is 6.07. The van der Waals surface area contributed by atoms with Crippen LogP contribution in [0.5, 0.6) is 0 Å². The van der Waals surface area contributed by atoms with E-state index in [0.29, 0.717) is 5.56 Å². The number of amides is 2. The number of rotatable bonds is 8. The molecule has 4 rings (SSSR count). The van der Waals surface area contributed by atoms with Crippen LogP contribution in [0, 0.1) is 29.1 Å². The zero-order valence-electron chi connectivity index (χ0n) is 19.8. The second-order valence-corrected chi connectivity index (χ2v) is 8.33. The van der Waals surface area contributed by atoms with Crippen molar-refractivity contribution in [1.29, 1.82) is 0 Å². The van der Waals surface area contributed by atoms with Gasteiger partial charge in [-0.05, 0) is 47.5 Å². The van der Waals surface area contributed by atoms with Gasteiger partial charge < -0.3 is 14.9 Å². The number of benzene rings is 3. The Morgan fingerprint density at radius 3 is 2.42 bits per heavy atom. The Kier molecular flexibility index (Phi) is 7.89. The number of anilines is 1. The van der Waals surface area contributed by atoms with Crippen molar-refractivity contribution in [3.05, 3.63) is 88.7 Å². The molecule has 12 heteroatoms. The topological polar surface area (TPSA) is 80.2 Å². The van der Waals surface area contributed by atoms with Crippen LogP contribution in [0.3, 0.4) is 0 Å². The molecule has 0 spiro atoms.